The molecule has 3 aromatic rings. The van der Waals surface area contributed by atoms with Gasteiger partial charge in [0.15, 0.2) is 5.82 Å². The molecule has 0 spiro atoms. The molecule has 0 N–H and O–H groups in total. The third-order valence-corrected chi connectivity index (χ3v) is 7.47. The van der Waals surface area contributed by atoms with Crippen LogP contribution < -0.4 is 0 Å². The van der Waals surface area contributed by atoms with Gasteiger partial charge in [-0.1, -0.05) is 43.3 Å². The lowest BCUT2D eigenvalue weighted by Gasteiger charge is -2.16. The van der Waals surface area contributed by atoms with Crippen LogP contribution in [0.5, 0.6) is 0 Å². The first-order chi connectivity index (χ1) is 14.6. The van der Waals surface area contributed by atoms with Crippen molar-refractivity contribution in [2.75, 3.05) is 6.54 Å². The van der Waals surface area contributed by atoms with E-state index in [-0.39, 0.29) is 11.8 Å². The third kappa shape index (κ3) is 3.81. The zero-order valence-corrected chi connectivity index (χ0v) is 18.4. The molecular weight excluding hydrogens is 394 g/mol. The maximum absolute atomic E-state index is 12.6. The van der Waals surface area contributed by atoms with Gasteiger partial charge in [0.05, 0.1) is 4.88 Å². The van der Waals surface area contributed by atoms with Crippen LogP contribution in [-0.4, -0.2) is 27.5 Å². The Morgan fingerprint density at radius 2 is 2.00 bits per heavy atom. The van der Waals surface area contributed by atoms with Crippen LogP contribution in [0.2, 0.25) is 0 Å². The maximum atomic E-state index is 12.6. The zero-order valence-electron chi connectivity index (χ0n) is 17.6. The number of amides is 1. The van der Waals surface area contributed by atoms with Crippen molar-refractivity contribution in [3.63, 3.8) is 0 Å². The Bertz CT molecular complexity index is 1030. The fraction of sp³-hybridized carbons (Fsp3) is 0.458. The van der Waals surface area contributed by atoms with Crippen molar-refractivity contribution in [3.8, 4) is 10.8 Å². The van der Waals surface area contributed by atoms with E-state index >= 15 is 0 Å². The molecule has 1 atom stereocenters. The van der Waals surface area contributed by atoms with Gasteiger partial charge in [-0.2, -0.15) is 4.98 Å². The molecule has 0 radical (unpaired) electrons. The molecule has 156 valence electrons. The predicted molar refractivity (Wildman–Crippen MR) is 118 cm³/mol. The Morgan fingerprint density at radius 1 is 1.20 bits per heavy atom. The molecule has 2 aliphatic rings. The molecule has 5 rings (SSSR count). The number of benzene rings is 1. The van der Waals surface area contributed by atoms with Crippen LogP contribution in [0.15, 0.2) is 34.9 Å². The lowest BCUT2D eigenvalue weighted by molar-refractivity contribution is -0.128. The highest BCUT2D eigenvalue weighted by Crippen LogP contribution is 2.36. The fourth-order valence-corrected chi connectivity index (χ4v) is 5.60. The molecule has 6 heteroatoms. The van der Waals surface area contributed by atoms with E-state index in [1.165, 1.54) is 28.8 Å². The summed E-state index contributed by atoms with van der Waals surface area (Å²) < 4.78 is 5.58. The quantitative estimate of drug-likeness (QED) is 0.560. The van der Waals surface area contributed by atoms with Gasteiger partial charge in [0, 0.05) is 30.3 Å². The van der Waals surface area contributed by atoms with Crippen LogP contribution in [0.1, 0.15) is 72.3 Å². The molecule has 1 aliphatic carbocycles. The molecule has 1 saturated heterocycles. The number of hydrogen-bond donors (Lipinski definition) is 0. The summed E-state index contributed by atoms with van der Waals surface area (Å²) in [5, 5.41) is 4.23. The Morgan fingerprint density at radius 3 is 2.77 bits per heavy atom. The number of hydrogen-bond acceptors (Lipinski definition) is 5. The van der Waals surface area contributed by atoms with E-state index in [1.807, 2.05) is 4.90 Å². The summed E-state index contributed by atoms with van der Waals surface area (Å²) in [7, 11) is 0. The standard InChI is InChI=1S/C24H27N3O2S/c1-15(2)17-9-7-16(8-10-17)13-27-14-19(12-22(27)28)23-25-24(29-26-23)21-11-18-5-3-4-6-20(18)30-21/h7-11,15,19H,3-6,12-14H2,1-2H3. The van der Waals surface area contributed by atoms with Gasteiger partial charge in [0.25, 0.3) is 5.89 Å². The van der Waals surface area contributed by atoms with E-state index in [9.17, 15) is 4.79 Å². The molecule has 3 heterocycles. The summed E-state index contributed by atoms with van der Waals surface area (Å²) in [5.41, 5.74) is 3.91. The average molecular weight is 422 g/mol. The summed E-state index contributed by atoms with van der Waals surface area (Å²) in [5.74, 6) is 1.92. The van der Waals surface area contributed by atoms with E-state index in [0.717, 1.165) is 23.3 Å². The Labute approximate surface area is 181 Å². The summed E-state index contributed by atoms with van der Waals surface area (Å²) >= 11 is 1.78. The second-order valence-electron chi connectivity index (χ2n) is 8.80. The predicted octanol–water partition coefficient (Wildman–Crippen LogP) is 5.32. The Hall–Kier alpha value is -2.47. The van der Waals surface area contributed by atoms with Gasteiger partial charge >= 0.3 is 0 Å². The molecule has 1 aliphatic heterocycles. The number of nitrogens with zero attached hydrogens (tertiary/aromatic N) is 3. The van der Waals surface area contributed by atoms with E-state index in [1.54, 1.807) is 11.3 Å². The lowest BCUT2D eigenvalue weighted by Crippen LogP contribution is -2.24. The van der Waals surface area contributed by atoms with Gasteiger partial charge in [0.2, 0.25) is 5.91 Å². The number of fused-ring (bicyclic) bond motifs is 1. The summed E-state index contributed by atoms with van der Waals surface area (Å²) in [6.07, 6.45) is 5.28. The average Bonchev–Trinajstić information content (AvgIpc) is 3.46. The van der Waals surface area contributed by atoms with Gasteiger partial charge < -0.3 is 9.42 Å². The minimum Gasteiger partial charge on any atom is -0.338 e. The molecule has 1 aromatic carbocycles. The molecule has 2 aromatic heterocycles. The third-order valence-electron chi connectivity index (χ3n) is 6.25. The number of thiophene rings is 1. The summed E-state index contributed by atoms with van der Waals surface area (Å²) in [6, 6.07) is 10.8. The van der Waals surface area contributed by atoms with Crippen molar-refractivity contribution in [2.45, 2.75) is 64.3 Å². The van der Waals surface area contributed by atoms with E-state index in [4.69, 9.17) is 4.52 Å². The first-order valence-corrected chi connectivity index (χ1v) is 11.7. The molecule has 0 bridgehead atoms. The largest absolute Gasteiger partial charge is 0.338 e. The number of aromatic nitrogens is 2. The SMILES string of the molecule is CC(C)c1ccc(CN2CC(c3noc(-c4cc5c(s4)CCCC5)n3)CC2=O)cc1. The number of likely N-dealkylation sites (tertiary alicyclic amines) is 1. The number of aryl methyl sites for hydroxylation is 2. The molecular formula is C24H27N3O2S. The minimum absolute atomic E-state index is 0.000441. The molecule has 30 heavy (non-hydrogen) atoms. The number of carbonyl (C=O) groups excluding carboxylic acids is 1. The smallest absolute Gasteiger partial charge is 0.268 e. The van der Waals surface area contributed by atoms with E-state index < -0.39 is 0 Å². The monoisotopic (exact) mass is 421 g/mol. The van der Waals surface area contributed by atoms with Gasteiger partial charge in [0.1, 0.15) is 0 Å². The molecule has 5 nitrogen and oxygen atoms in total. The molecule has 1 unspecified atom stereocenters. The zero-order chi connectivity index (χ0) is 20.7. The Kier molecular flexibility index (Phi) is 5.19. The first kappa shape index (κ1) is 19.5. The van der Waals surface area contributed by atoms with Crippen LogP contribution in [0.4, 0.5) is 0 Å². The van der Waals surface area contributed by atoms with Crippen molar-refractivity contribution in [3.05, 3.63) is 57.7 Å². The van der Waals surface area contributed by atoms with Crippen LogP contribution >= 0.6 is 11.3 Å². The topological polar surface area (TPSA) is 59.2 Å². The highest BCUT2D eigenvalue weighted by Gasteiger charge is 2.34. The molecule has 0 saturated carbocycles. The second kappa shape index (κ2) is 7.99. The van der Waals surface area contributed by atoms with E-state index in [0.29, 0.717) is 37.1 Å². The van der Waals surface area contributed by atoms with Gasteiger partial charge in [-0.05, 0) is 54.4 Å². The Balaban J connectivity index is 1.27. The van der Waals surface area contributed by atoms with Crippen molar-refractivity contribution in [1.82, 2.24) is 15.0 Å². The van der Waals surface area contributed by atoms with Crippen molar-refractivity contribution in [2.24, 2.45) is 0 Å². The highest BCUT2D eigenvalue weighted by atomic mass is 32.1. The summed E-state index contributed by atoms with van der Waals surface area (Å²) in [4.78, 5) is 21.7. The minimum atomic E-state index is -0.000441. The van der Waals surface area contributed by atoms with Crippen LogP contribution in [0, 0.1) is 0 Å². The van der Waals surface area contributed by atoms with Crippen molar-refractivity contribution >= 4 is 17.2 Å². The normalized spacial score (nSPS) is 19.0. The summed E-state index contributed by atoms with van der Waals surface area (Å²) in [6.45, 7) is 5.66. The molecule has 1 fully saturated rings. The highest BCUT2D eigenvalue weighted by molar-refractivity contribution is 7.15. The van der Waals surface area contributed by atoms with Crippen molar-refractivity contribution < 1.29 is 9.32 Å². The van der Waals surface area contributed by atoms with E-state index in [2.05, 4.69) is 54.3 Å². The van der Waals surface area contributed by atoms with Gasteiger partial charge in [-0.15, -0.1) is 11.3 Å². The van der Waals surface area contributed by atoms with Crippen LogP contribution in [-0.2, 0) is 24.2 Å². The fourth-order valence-electron chi connectivity index (χ4n) is 4.42. The maximum Gasteiger partial charge on any atom is 0.268 e. The van der Waals surface area contributed by atoms with Crippen molar-refractivity contribution in [1.29, 1.82) is 0 Å². The molecule has 1 amide bonds. The van der Waals surface area contributed by atoms with Gasteiger partial charge in [-0.3, -0.25) is 4.79 Å². The van der Waals surface area contributed by atoms with Crippen LogP contribution in [0.3, 0.4) is 0 Å². The van der Waals surface area contributed by atoms with Crippen LogP contribution in [0.25, 0.3) is 10.8 Å². The second-order valence-corrected chi connectivity index (χ2v) is 9.93. The first-order valence-electron chi connectivity index (χ1n) is 10.9. The van der Waals surface area contributed by atoms with Gasteiger partial charge in [-0.25, -0.2) is 0 Å². The number of carbonyl (C=O) groups is 1. The lowest BCUT2D eigenvalue weighted by atomic mass is 9.99. The number of rotatable bonds is 5.